The van der Waals surface area contributed by atoms with Crippen molar-refractivity contribution in [1.29, 1.82) is 0 Å². The smallest absolute Gasteiger partial charge is 0.699 e. The summed E-state index contributed by atoms with van der Waals surface area (Å²) in [6.07, 6.45) is 0. The van der Waals surface area contributed by atoms with E-state index >= 15 is 0 Å². The molecule has 0 aliphatic rings. The van der Waals surface area contributed by atoms with E-state index in [1.54, 1.807) is 12.1 Å². The molecule has 0 aliphatic carbocycles. The van der Waals surface area contributed by atoms with Crippen LogP contribution in [0.15, 0.2) is 30.3 Å². The largest absolute Gasteiger partial charge is 2.00 e. The molecule has 0 heterocycles. The predicted molar refractivity (Wildman–Crippen MR) is 35.7 cm³/mol. The van der Waals surface area contributed by atoms with E-state index in [2.05, 4.69) is 0 Å². The van der Waals surface area contributed by atoms with Crippen LogP contribution in [0.2, 0.25) is 0 Å². The zero-order chi connectivity index (χ0) is 5.11. The molecule has 0 saturated carbocycles. The molecule has 2 nitrogen and oxygen atoms in total. The number of benzene rings is 1. The number of nitrogens with two attached hydrogens (primary N) is 1. The van der Waals surface area contributed by atoms with Gasteiger partial charge in [-0.05, 0) is 0 Å². The van der Waals surface area contributed by atoms with Crippen molar-refractivity contribution in [2.75, 3.05) is 0 Å². The molecule has 0 radical (unpaired) electrons. The average Bonchev–Trinajstić information content (AvgIpc) is 1.69. The summed E-state index contributed by atoms with van der Waals surface area (Å²) in [6, 6.07) is 9.10. The van der Waals surface area contributed by atoms with Crippen LogP contribution in [0.25, 0.3) is 11.9 Å². The summed E-state index contributed by atoms with van der Waals surface area (Å²) in [4.78, 5) is 0. The SMILES string of the molecule is [NH-]c1ccccc1.[NH2-].[Zn+2]. The van der Waals surface area contributed by atoms with Crippen molar-refractivity contribution in [2.45, 2.75) is 0 Å². The first-order chi connectivity index (χ1) is 3.39. The van der Waals surface area contributed by atoms with Crippen LogP contribution in [-0.4, -0.2) is 0 Å². The van der Waals surface area contributed by atoms with E-state index in [9.17, 15) is 0 Å². The zero-order valence-corrected chi connectivity index (χ0v) is 8.14. The first kappa shape index (κ1) is 11.4. The van der Waals surface area contributed by atoms with Gasteiger partial charge in [0, 0.05) is 0 Å². The van der Waals surface area contributed by atoms with Gasteiger partial charge >= 0.3 is 19.5 Å². The second-order valence-corrected chi connectivity index (χ2v) is 1.37. The van der Waals surface area contributed by atoms with Crippen molar-refractivity contribution >= 4 is 5.69 Å². The third kappa shape index (κ3) is 4.13. The first-order valence-corrected chi connectivity index (χ1v) is 2.16. The molecule has 0 unspecified atom stereocenters. The summed E-state index contributed by atoms with van der Waals surface area (Å²) in [6.45, 7) is 0. The van der Waals surface area contributed by atoms with E-state index in [1.165, 1.54) is 0 Å². The number of rotatable bonds is 0. The fraction of sp³-hybridized carbons (Fsp3) is 0. The van der Waals surface area contributed by atoms with Gasteiger partial charge in [-0.15, -0.1) is 5.69 Å². The van der Waals surface area contributed by atoms with Crippen LogP contribution >= 0.6 is 0 Å². The predicted octanol–water partition coefficient (Wildman–Crippen LogP) is 3.08. The van der Waals surface area contributed by atoms with Crippen molar-refractivity contribution in [3.05, 3.63) is 42.2 Å². The molecular weight excluding hydrogens is 165 g/mol. The monoisotopic (exact) mass is 172 g/mol. The summed E-state index contributed by atoms with van der Waals surface area (Å²) >= 11 is 0. The maximum atomic E-state index is 7.00. The molecule has 0 aliphatic heterocycles. The Hall–Kier alpha value is -0.397. The minimum atomic E-state index is 0. The number of hydrogen-bond acceptors (Lipinski definition) is 0. The van der Waals surface area contributed by atoms with Gasteiger partial charge in [0.25, 0.3) is 0 Å². The standard InChI is InChI=1S/C6H6N.H2N.Zn/c7-6-4-2-1-3-5-6;;/h1-5,7H;1H2;/q2*-1;+2. The van der Waals surface area contributed by atoms with Gasteiger partial charge in [0.05, 0.1) is 0 Å². The average molecular weight is 174 g/mol. The Bertz CT molecular complexity index is 141. The molecule has 9 heavy (non-hydrogen) atoms. The zero-order valence-electron chi connectivity index (χ0n) is 5.17. The van der Waals surface area contributed by atoms with Gasteiger partial charge in [-0.2, -0.15) is 0 Å². The molecule has 0 fully saturated rings. The van der Waals surface area contributed by atoms with Gasteiger partial charge < -0.3 is 11.9 Å². The molecule has 1 aromatic rings. The van der Waals surface area contributed by atoms with Crippen LogP contribution in [0.1, 0.15) is 0 Å². The summed E-state index contributed by atoms with van der Waals surface area (Å²) in [5.74, 6) is 0. The topological polar surface area (TPSA) is 57.3 Å². The molecule has 0 bridgehead atoms. The van der Waals surface area contributed by atoms with E-state index in [-0.39, 0.29) is 25.6 Å². The van der Waals surface area contributed by atoms with Gasteiger partial charge in [-0.1, -0.05) is 30.3 Å². The minimum Gasteiger partial charge on any atom is -0.699 e. The Labute approximate surface area is 67.8 Å². The maximum Gasteiger partial charge on any atom is 2.00 e. The first-order valence-electron chi connectivity index (χ1n) is 2.16. The van der Waals surface area contributed by atoms with Crippen LogP contribution in [0.5, 0.6) is 0 Å². The van der Waals surface area contributed by atoms with Gasteiger partial charge in [0.1, 0.15) is 0 Å². The van der Waals surface area contributed by atoms with Crippen molar-refractivity contribution < 1.29 is 19.5 Å². The van der Waals surface area contributed by atoms with Gasteiger partial charge in [0.15, 0.2) is 0 Å². The molecular formula is C6H8N2Zn. The van der Waals surface area contributed by atoms with Gasteiger partial charge in [-0.3, -0.25) is 0 Å². The molecule has 0 saturated heterocycles. The molecule has 44 valence electrons. The second-order valence-electron chi connectivity index (χ2n) is 1.37. The Kier molecular flexibility index (Phi) is 7.27. The summed E-state index contributed by atoms with van der Waals surface area (Å²) < 4.78 is 0. The third-order valence-electron chi connectivity index (χ3n) is 0.774. The van der Waals surface area contributed by atoms with E-state index in [1.807, 2.05) is 18.2 Å². The Morgan fingerprint density at radius 3 is 1.67 bits per heavy atom. The summed E-state index contributed by atoms with van der Waals surface area (Å²) in [7, 11) is 0. The van der Waals surface area contributed by atoms with E-state index in [4.69, 9.17) is 5.73 Å². The summed E-state index contributed by atoms with van der Waals surface area (Å²) in [5.41, 5.74) is 7.57. The fourth-order valence-corrected chi connectivity index (χ4v) is 0.438. The molecule has 0 spiro atoms. The Balaban J connectivity index is 0. The van der Waals surface area contributed by atoms with Crippen LogP contribution in [0.3, 0.4) is 0 Å². The third-order valence-corrected chi connectivity index (χ3v) is 0.774. The van der Waals surface area contributed by atoms with Crippen LogP contribution in [0, 0.1) is 0 Å². The quantitative estimate of drug-likeness (QED) is 0.542. The fourth-order valence-electron chi connectivity index (χ4n) is 0.438. The van der Waals surface area contributed by atoms with Crippen LogP contribution in [-0.2, 0) is 19.5 Å². The molecule has 0 amide bonds. The minimum absolute atomic E-state index is 0. The maximum absolute atomic E-state index is 7.00. The number of nitrogens with one attached hydrogen (secondary N) is 1. The van der Waals surface area contributed by atoms with E-state index in [0.29, 0.717) is 5.69 Å². The van der Waals surface area contributed by atoms with Gasteiger partial charge in [0.2, 0.25) is 0 Å². The Morgan fingerprint density at radius 1 is 1.00 bits per heavy atom. The van der Waals surface area contributed by atoms with Crippen LogP contribution in [0.4, 0.5) is 5.69 Å². The van der Waals surface area contributed by atoms with E-state index < -0.39 is 0 Å². The van der Waals surface area contributed by atoms with E-state index in [0.717, 1.165) is 0 Å². The van der Waals surface area contributed by atoms with Crippen molar-refractivity contribution in [3.63, 3.8) is 0 Å². The van der Waals surface area contributed by atoms with Crippen molar-refractivity contribution in [1.82, 2.24) is 0 Å². The normalized spacial score (nSPS) is 6.67. The second kappa shape index (κ2) is 5.73. The molecule has 3 heteroatoms. The molecule has 3 N–H and O–H groups in total. The van der Waals surface area contributed by atoms with Gasteiger partial charge in [-0.25, -0.2) is 0 Å². The van der Waals surface area contributed by atoms with Crippen LogP contribution < -0.4 is 0 Å². The molecule has 0 aromatic heterocycles. The van der Waals surface area contributed by atoms with Crippen molar-refractivity contribution in [3.8, 4) is 0 Å². The molecule has 0 atom stereocenters. The molecule has 1 rings (SSSR count). The summed E-state index contributed by atoms with van der Waals surface area (Å²) in [5, 5.41) is 0. The number of hydrogen-bond donors (Lipinski definition) is 0. The molecule has 1 aromatic carbocycles. The van der Waals surface area contributed by atoms with Crippen molar-refractivity contribution in [2.24, 2.45) is 0 Å². The Morgan fingerprint density at radius 2 is 1.44 bits per heavy atom.